The van der Waals surface area contributed by atoms with E-state index in [1.54, 1.807) is 0 Å². The summed E-state index contributed by atoms with van der Waals surface area (Å²) < 4.78 is 4.37. The van der Waals surface area contributed by atoms with E-state index in [1.165, 1.54) is 14.0 Å². The number of H-pyrrole nitrogens is 1. The van der Waals surface area contributed by atoms with E-state index >= 15 is 0 Å². The molecule has 0 spiro atoms. The molecule has 0 bridgehead atoms. The molecule has 0 amide bonds. The third-order valence-electron chi connectivity index (χ3n) is 1.26. The van der Waals surface area contributed by atoms with Crippen molar-refractivity contribution in [2.45, 2.75) is 6.92 Å². The van der Waals surface area contributed by atoms with Gasteiger partial charge < -0.3 is 4.74 Å². The minimum atomic E-state index is -0.672. The lowest BCUT2D eigenvalue weighted by molar-refractivity contribution is 0.0590. The van der Waals surface area contributed by atoms with E-state index in [2.05, 4.69) is 20.1 Å². The Morgan fingerprint density at radius 3 is 2.42 bits per heavy atom. The van der Waals surface area contributed by atoms with Crippen LogP contribution in [0.3, 0.4) is 0 Å². The van der Waals surface area contributed by atoms with Gasteiger partial charge in [-0.05, 0) is 0 Å². The zero-order valence-electron chi connectivity index (χ0n) is 6.62. The second-order valence-electron chi connectivity index (χ2n) is 2.07. The smallest absolute Gasteiger partial charge is 0.361 e. The van der Waals surface area contributed by atoms with Crippen LogP contribution in [0.25, 0.3) is 0 Å². The molecule has 0 fully saturated rings. The number of ether oxygens (including phenoxy) is 1. The van der Waals surface area contributed by atoms with Gasteiger partial charge in [-0.25, -0.2) is 4.79 Å². The number of nitrogens with zero attached hydrogens (tertiary/aromatic N) is 2. The molecule has 6 nitrogen and oxygen atoms in total. The summed E-state index contributed by atoms with van der Waals surface area (Å²) >= 11 is 0. The number of Topliss-reactive ketones (excluding diaryl/α,β-unsaturated/α-hetero) is 1. The van der Waals surface area contributed by atoms with Crippen molar-refractivity contribution in [3.8, 4) is 0 Å². The summed E-state index contributed by atoms with van der Waals surface area (Å²) in [5.41, 5.74) is -0.0770. The topological polar surface area (TPSA) is 84.9 Å². The number of aromatic amines is 1. The molecule has 0 aliphatic carbocycles. The van der Waals surface area contributed by atoms with Crippen molar-refractivity contribution in [1.29, 1.82) is 0 Å². The Labute approximate surface area is 67.9 Å². The van der Waals surface area contributed by atoms with Crippen molar-refractivity contribution < 1.29 is 14.3 Å². The van der Waals surface area contributed by atoms with E-state index < -0.39 is 5.97 Å². The van der Waals surface area contributed by atoms with Crippen molar-refractivity contribution >= 4 is 11.8 Å². The fourth-order valence-corrected chi connectivity index (χ4v) is 0.715. The largest absolute Gasteiger partial charge is 0.464 e. The van der Waals surface area contributed by atoms with E-state index in [9.17, 15) is 9.59 Å². The fourth-order valence-electron chi connectivity index (χ4n) is 0.715. The highest BCUT2D eigenvalue weighted by Gasteiger charge is 2.19. The average molecular weight is 169 g/mol. The number of carbonyl (C=O) groups excluding carboxylic acids is 2. The van der Waals surface area contributed by atoms with Gasteiger partial charge in [0.05, 0.1) is 7.11 Å². The van der Waals surface area contributed by atoms with Gasteiger partial charge in [0.15, 0.2) is 11.5 Å². The minimum absolute atomic E-state index is 0.00171. The normalized spacial score (nSPS) is 9.50. The first-order valence-electron chi connectivity index (χ1n) is 3.17. The fraction of sp³-hybridized carbons (Fsp3) is 0.333. The second kappa shape index (κ2) is 3.12. The number of hydrogen-bond acceptors (Lipinski definition) is 5. The van der Waals surface area contributed by atoms with Crippen LogP contribution in [0.4, 0.5) is 0 Å². The maximum atomic E-state index is 10.9. The first kappa shape index (κ1) is 8.38. The molecule has 0 atom stereocenters. The first-order valence-corrected chi connectivity index (χ1v) is 3.17. The first-order chi connectivity index (χ1) is 5.66. The van der Waals surface area contributed by atoms with Crippen LogP contribution in [-0.2, 0) is 4.74 Å². The van der Waals surface area contributed by atoms with Gasteiger partial charge in [0.2, 0.25) is 5.69 Å². The molecule has 1 heterocycles. The van der Waals surface area contributed by atoms with Crippen molar-refractivity contribution in [1.82, 2.24) is 15.4 Å². The monoisotopic (exact) mass is 169 g/mol. The van der Waals surface area contributed by atoms with Crippen LogP contribution in [0.5, 0.6) is 0 Å². The molecule has 12 heavy (non-hydrogen) atoms. The predicted molar refractivity (Wildman–Crippen MR) is 37.7 cm³/mol. The Kier molecular flexibility index (Phi) is 2.18. The lowest BCUT2D eigenvalue weighted by Gasteiger charge is -1.93. The van der Waals surface area contributed by atoms with E-state index in [1.807, 2.05) is 0 Å². The molecule has 1 aromatic rings. The molecule has 1 rings (SSSR count). The van der Waals surface area contributed by atoms with E-state index in [0.717, 1.165) is 0 Å². The molecule has 1 aromatic heterocycles. The van der Waals surface area contributed by atoms with Gasteiger partial charge in [-0.1, -0.05) is 0 Å². The quantitative estimate of drug-likeness (QED) is 0.489. The summed E-state index contributed by atoms with van der Waals surface area (Å²) in [7, 11) is 1.21. The molecular weight excluding hydrogens is 162 g/mol. The molecule has 0 aromatic carbocycles. The summed E-state index contributed by atoms with van der Waals surface area (Å²) in [5, 5.41) is 9.15. The number of rotatable bonds is 2. The van der Waals surface area contributed by atoms with Gasteiger partial charge in [-0.3, -0.25) is 4.79 Å². The van der Waals surface area contributed by atoms with Crippen LogP contribution >= 0.6 is 0 Å². The van der Waals surface area contributed by atoms with Crippen molar-refractivity contribution in [2.75, 3.05) is 7.11 Å². The van der Waals surface area contributed by atoms with E-state index in [-0.39, 0.29) is 17.2 Å². The minimum Gasteiger partial charge on any atom is -0.464 e. The van der Waals surface area contributed by atoms with Crippen LogP contribution in [0.1, 0.15) is 27.9 Å². The van der Waals surface area contributed by atoms with Crippen molar-refractivity contribution in [2.24, 2.45) is 0 Å². The van der Waals surface area contributed by atoms with Gasteiger partial charge >= 0.3 is 5.97 Å². The van der Waals surface area contributed by atoms with Crippen molar-refractivity contribution in [3.05, 3.63) is 11.4 Å². The van der Waals surface area contributed by atoms with Gasteiger partial charge in [-0.15, -0.1) is 5.10 Å². The van der Waals surface area contributed by atoms with Crippen LogP contribution < -0.4 is 0 Å². The number of esters is 1. The Bertz CT molecular complexity index is 318. The number of carbonyl (C=O) groups is 2. The van der Waals surface area contributed by atoms with Crippen LogP contribution in [0.15, 0.2) is 0 Å². The molecule has 1 N–H and O–H groups in total. The standard InChI is InChI=1S/C6H7N3O3/c1-3(10)4-5(6(11)12-2)8-9-7-4/h1-2H3,(H,7,8,9). The van der Waals surface area contributed by atoms with E-state index in [4.69, 9.17) is 0 Å². The number of methoxy groups -OCH3 is 1. The Balaban J connectivity index is 3.07. The van der Waals surface area contributed by atoms with E-state index in [0.29, 0.717) is 0 Å². The maximum Gasteiger partial charge on any atom is 0.361 e. The molecule has 0 radical (unpaired) electrons. The zero-order chi connectivity index (χ0) is 9.14. The van der Waals surface area contributed by atoms with Gasteiger partial charge in [0.1, 0.15) is 0 Å². The third-order valence-corrected chi connectivity index (χ3v) is 1.26. The Morgan fingerprint density at radius 1 is 1.33 bits per heavy atom. The summed E-state index contributed by atoms with van der Waals surface area (Å²) in [6.45, 7) is 1.30. The summed E-state index contributed by atoms with van der Waals surface area (Å²) in [5.74, 6) is -1.00. The lowest BCUT2D eigenvalue weighted by atomic mass is 10.2. The maximum absolute atomic E-state index is 10.9. The zero-order valence-corrected chi connectivity index (χ0v) is 6.62. The Hall–Kier alpha value is -1.72. The molecule has 0 aliphatic heterocycles. The van der Waals surface area contributed by atoms with Crippen molar-refractivity contribution in [3.63, 3.8) is 0 Å². The highest BCUT2D eigenvalue weighted by Crippen LogP contribution is 2.02. The number of hydrogen-bond donors (Lipinski definition) is 1. The SMILES string of the molecule is COC(=O)c1n[nH]nc1C(C)=O. The summed E-state index contributed by atoms with van der Waals surface area (Å²) in [6.07, 6.45) is 0. The van der Waals surface area contributed by atoms with Gasteiger partial charge in [-0.2, -0.15) is 10.3 Å². The number of nitrogens with one attached hydrogen (secondary N) is 1. The second-order valence-corrected chi connectivity index (χ2v) is 2.07. The molecule has 64 valence electrons. The Morgan fingerprint density at radius 2 is 1.92 bits per heavy atom. The lowest BCUT2D eigenvalue weighted by Crippen LogP contribution is -2.08. The van der Waals surface area contributed by atoms with Crippen LogP contribution in [0, 0.1) is 0 Å². The molecule has 0 saturated heterocycles. The summed E-state index contributed by atoms with van der Waals surface area (Å²) in [4.78, 5) is 21.7. The number of ketones is 1. The highest BCUT2D eigenvalue weighted by atomic mass is 16.5. The number of aromatic nitrogens is 3. The predicted octanol–water partition coefficient (Wildman–Crippen LogP) is -0.206. The summed E-state index contributed by atoms with van der Waals surface area (Å²) in [6, 6.07) is 0. The third kappa shape index (κ3) is 1.31. The van der Waals surface area contributed by atoms with Crippen LogP contribution in [-0.4, -0.2) is 34.3 Å². The van der Waals surface area contributed by atoms with Crippen LogP contribution in [0.2, 0.25) is 0 Å². The molecule has 6 heteroatoms. The molecular formula is C6H7N3O3. The molecule has 0 aliphatic rings. The average Bonchev–Trinajstić information content (AvgIpc) is 2.50. The van der Waals surface area contributed by atoms with Gasteiger partial charge in [0.25, 0.3) is 0 Å². The molecule has 0 unspecified atom stereocenters. The molecule has 0 saturated carbocycles. The van der Waals surface area contributed by atoms with Gasteiger partial charge in [0, 0.05) is 6.92 Å². The highest BCUT2D eigenvalue weighted by molar-refractivity contribution is 6.02.